The molecule has 2 nitrogen and oxygen atoms in total. The number of nitrogens with one attached hydrogen (secondary N) is 1. The lowest BCUT2D eigenvalue weighted by molar-refractivity contribution is 0.331. The lowest BCUT2D eigenvalue weighted by atomic mass is 9.95. The average molecular weight is 270 g/mol. The van der Waals surface area contributed by atoms with Gasteiger partial charge in [0.05, 0.1) is 0 Å². The third-order valence-corrected chi connectivity index (χ3v) is 5.69. The van der Waals surface area contributed by atoms with E-state index in [9.17, 15) is 0 Å². The summed E-state index contributed by atoms with van der Waals surface area (Å²) < 4.78 is 0. The van der Waals surface area contributed by atoms with Crippen molar-refractivity contribution in [3.63, 3.8) is 0 Å². The first-order valence-corrected chi connectivity index (χ1v) is 8.45. The van der Waals surface area contributed by atoms with E-state index in [0.29, 0.717) is 0 Å². The molecule has 0 spiro atoms. The van der Waals surface area contributed by atoms with Gasteiger partial charge in [0.2, 0.25) is 0 Å². The Labute approximate surface area is 122 Å². The fourth-order valence-corrected chi connectivity index (χ4v) is 4.60. The summed E-state index contributed by atoms with van der Waals surface area (Å²) in [4.78, 5) is 2.60. The third-order valence-electron chi connectivity index (χ3n) is 5.69. The topological polar surface area (TPSA) is 15.3 Å². The first-order valence-electron chi connectivity index (χ1n) is 8.45. The van der Waals surface area contributed by atoms with E-state index in [2.05, 4.69) is 34.5 Å². The van der Waals surface area contributed by atoms with E-state index in [0.717, 1.165) is 24.4 Å². The van der Waals surface area contributed by atoms with Gasteiger partial charge in [0.15, 0.2) is 0 Å². The summed E-state index contributed by atoms with van der Waals surface area (Å²) in [6, 6.07) is 9.72. The predicted molar refractivity (Wildman–Crippen MR) is 83.8 cm³/mol. The molecular formula is C18H26N2. The molecule has 1 aliphatic heterocycles. The lowest BCUT2D eigenvalue weighted by Crippen LogP contribution is -2.27. The second-order valence-corrected chi connectivity index (χ2v) is 7.07. The normalized spacial score (nSPS) is 32.9. The van der Waals surface area contributed by atoms with Gasteiger partial charge in [0.25, 0.3) is 0 Å². The fraction of sp³-hybridized carbons (Fsp3) is 0.667. The van der Waals surface area contributed by atoms with Crippen LogP contribution < -0.4 is 5.32 Å². The van der Waals surface area contributed by atoms with Crippen LogP contribution in [0.15, 0.2) is 24.3 Å². The van der Waals surface area contributed by atoms with Crippen molar-refractivity contribution < 1.29 is 0 Å². The van der Waals surface area contributed by atoms with Gasteiger partial charge < -0.3 is 5.32 Å². The molecule has 3 atom stereocenters. The molecule has 1 saturated heterocycles. The minimum Gasteiger partial charge on any atom is -0.382 e. The molecule has 1 heterocycles. The van der Waals surface area contributed by atoms with Gasteiger partial charge in [0, 0.05) is 18.3 Å². The summed E-state index contributed by atoms with van der Waals surface area (Å²) in [5.74, 6) is 1.96. The molecule has 3 fully saturated rings. The Kier molecular flexibility index (Phi) is 3.43. The van der Waals surface area contributed by atoms with Crippen LogP contribution in [-0.4, -0.2) is 24.0 Å². The molecule has 108 valence electrons. The maximum absolute atomic E-state index is 3.89. The van der Waals surface area contributed by atoms with Gasteiger partial charge in [-0.15, -0.1) is 0 Å². The van der Waals surface area contributed by atoms with Gasteiger partial charge in [-0.2, -0.15) is 0 Å². The van der Waals surface area contributed by atoms with Crippen molar-refractivity contribution in [2.24, 2.45) is 11.8 Å². The quantitative estimate of drug-likeness (QED) is 0.893. The Morgan fingerprint density at radius 1 is 1.05 bits per heavy atom. The molecule has 1 aromatic carbocycles. The highest BCUT2D eigenvalue weighted by atomic mass is 15.1. The van der Waals surface area contributed by atoms with Gasteiger partial charge in [-0.1, -0.05) is 24.6 Å². The molecule has 2 saturated carbocycles. The van der Waals surface area contributed by atoms with E-state index in [1.54, 1.807) is 0 Å². The minimum atomic E-state index is 0.744. The van der Waals surface area contributed by atoms with Crippen LogP contribution in [0.5, 0.6) is 0 Å². The van der Waals surface area contributed by atoms with Crippen LogP contribution in [-0.2, 0) is 6.54 Å². The van der Waals surface area contributed by atoms with Crippen LogP contribution in [0.3, 0.4) is 0 Å². The molecule has 4 rings (SSSR count). The maximum atomic E-state index is 3.89. The molecule has 0 amide bonds. The molecular weight excluding hydrogens is 244 g/mol. The molecule has 1 aromatic rings. The highest BCUT2D eigenvalue weighted by Gasteiger charge is 2.39. The van der Waals surface area contributed by atoms with E-state index < -0.39 is 0 Å². The minimum absolute atomic E-state index is 0.744. The van der Waals surface area contributed by atoms with Crippen molar-refractivity contribution in [3.05, 3.63) is 29.8 Å². The SMILES string of the molecule is c1ccc(NC2CC3CCC2C3)c(CN2CCCC2)c1. The van der Waals surface area contributed by atoms with Gasteiger partial charge in [-0.3, -0.25) is 4.90 Å². The highest BCUT2D eigenvalue weighted by molar-refractivity contribution is 5.52. The van der Waals surface area contributed by atoms with Crippen molar-refractivity contribution in [1.29, 1.82) is 0 Å². The number of anilines is 1. The zero-order valence-corrected chi connectivity index (χ0v) is 12.4. The zero-order valence-electron chi connectivity index (χ0n) is 12.4. The highest BCUT2D eigenvalue weighted by Crippen LogP contribution is 2.45. The maximum Gasteiger partial charge on any atom is 0.0388 e. The largest absolute Gasteiger partial charge is 0.382 e. The Morgan fingerprint density at radius 3 is 2.65 bits per heavy atom. The zero-order chi connectivity index (χ0) is 13.4. The number of benzene rings is 1. The van der Waals surface area contributed by atoms with Crippen molar-refractivity contribution >= 4 is 5.69 Å². The van der Waals surface area contributed by atoms with Crippen molar-refractivity contribution in [3.8, 4) is 0 Å². The molecule has 2 bridgehead atoms. The first kappa shape index (κ1) is 12.7. The van der Waals surface area contributed by atoms with Gasteiger partial charge in [0.1, 0.15) is 0 Å². The van der Waals surface area contributed by atoms with E-state index in [-0.39, 0.29) is 0 Å². The number of fused-ring (bicyclic) bond motifs is 2. The van der Waals surface area contributed by atoms with Crippen LogP contribution in [0.1, 0.15) is 44.1 Å². The standard InChI is InChI=1S/C18H26N2/c1-2-6-17(16(5-1)13-20-9-3-4-10-20)19-18-12-14-7-8-15(18)11-14/h1-2,5-6,14-15,18-19H,3-4,7-13H2. The number of hydrogen-bond donors (Lipinski definition) is 1. The summed E-state index contributed by atoms with van der Waals surface area (Å²) >= 11 is 0. The summed E-state index contributed by atoms with van der Waals surface area (Å²) in [5, 5.41) is 3.89. The number of nitrogens with zero attached hydrogens (tertiary/aromatic N) is 1. The van der Waals surface area contributed by atoms with E-state index in [4.69, 9.17) is 0 Å². The fourth-order valence-electron chi connectivity index (χ4n) is 4.60. The number of hydrogen-bond acceptors (Lipinski definition) is 2. The third kappa shape index (κ3) is 2.46. The summed E-state index contributed by atoms with van der Waals surface area (Å²) in [6.07, 6.45) is 8.58. The number of likely N-dealkylation sites (tertiary alicyclic amines) is 1. The second kappa shape index (κ2) is 5.40. The van der Waals surface area contributed by atoms with Crippen LogP contribution in [0, 0.1) is 11.8 Å². The second-order valence-electron chi connectivity index (χ2n) is 7.07. The van der Waals surface area contributed by atoms with Gasteiger partial charge in [-0.05, 0) is 68.7 Å². The molecule has 20 heavy (non-hydrogen) atoms. The van der Waals surface area contributed by atoms with E-state index in [1.165, 1.54) is 62.9 Å². The first-order chi connectivity index (χ1) is 9.88. The summed E-state index contributed by atoms with van der Waals surface area (Å²) in [7, 11) is 0. The van der Waals surface area contributed by atoms with Crippen LogP contribution in [0.25, 0.3) is 0 Å². The molecule has 2 heteroatoms. The van der Waals surface area contributed by atoms with E-state index >= 15 is 0 Å². The van der Waals surface area contributed by atoms with Crippen molar-refractivity contribution in [1.82, 2.24) is 4.90 Å². The van der Waals surface area contributed by atoms with Gasteiger partial charge in [-0.25, -0.2) is 0 Å². The molecule has 0 aromatic heterocycles. The van der Waals surface area contributed by atoms with Crippen LogP contribution in [0.2, 0.25) is 0 Å². The molecule has 0 radical (unpaired) electrons. The van der Waals surface area contributed by atoms with Crippen LogP contribution in [0.4, 0.5) is 5.69 Å². The number of rotatable bonds is 4. The smallest absolute Gasteiger partial charge is 0.0388 e. The number of para-hydroxylation sites is 1. The Morgan fingerprint density at radius 2 is 1.90 bits per heavy atom. The molecule has 1 N–H and O–H groups in total. The van der Waals surface area contributed by atoms with E-state index in [1.807, 2.05) is 0 Å². The molecule has 3 aliphatic rings. The monoisotopic (exact) mass is 270 g/mol. The van der Waals surface area contributed by atoms with Crippen molar-refractivity contribution in [2.45, 2.75) is 51.1 Å². The summed E-state index contributed by atoms with van der Waals surface area (Å²) in [6.45, 7) is 3.69. The molecule has 3 unspecified atom stereocenters. The lowest BCUT2D eigenvalue weighted by Gasteiger charge is -2.26. The average Bonchev–Trinajstić information content (AvgIpc) is 3.18. The Balaban J connectivity index is 1.46. The Hall–Kier alpha value is -1.02. The van der Waals surface area contributed by atoms with Crippen molar-refractivity contribution in [2.75, 3.05) is 18.4 Å². The Bertz CT molecular complexity index is 464. The molecule has 2 aliphatic carbocycles. The predicted octanol–water partition coefficient (Wildman–Crippen LogP) is 3.88. The van der Waals surface area contributed by atoms with Crippen LogP contribution >= 0.6 is 0 Å². The summed E-state index contributed by atoms with van der Waals surface area (Å²) in [5.41, 5.74) is 2.90. The van der Waals surface area contributed by atoms with Gasteiger partial charge >= 0.3 is 0 Å².